The Kier molecular flexibility index (Phi) is 5.02. The molecule has 0 spiro atoms. The number of ether oxygens (including phenoxy) is 2. The topological polar surface area (TPSA) is 44.5 Å². The molecule has 3 aromatic rings. The van der Waals surface area contributed by atoms with Crippen molar-refractivity contribution in [2.75, 3.05) is 19.5 Å². The Hall–Kier alpha value is -2.94. The molecule has 0 atom stereocenters. The number of nitrogen functional groups attached to an aromatic ring is 1. The van der Waals surface area contributed by atoms with E-state index in [1.807, 2.05) is 48.5 Å². The van der Waals surface area contributed by atoms with Crippen molar-refractivity contribution in [3.63, 3.8) is 0 Å². The standard InChI is InChI=1S/C21H21NO2/c1-23-20-11-12-21(16-5-3-2-4-6-16)17(15-20)13-14-24-19-9-7-18(22)8-10-19/h2-12,15H,13-14,22H2,1H3. The third-order valence-electron chi connectivity index (χ3n) is 3.92. The van der Waals surface area contributed by atoms with Crippen LogP contribution >= 0.6 is 0 Å². The molecule has 2 N–H and O–H groups in total. The van der Waals surface area contributed by atoms with Crippen LogP contribution in [0.5, 0.6) is 11.5 Å². The van der Waals surface area contributed by atoms with Crippen molar-refractivity contribution >= 4 is 5.69 Å². The highest BCUT2D eigenvalue weighted by molar-refractivity contribution is 5.68. The van der Waals surface area contributed by atoms with Crippen LogP contribution in [-0.2, 0) is 6.42 Å². The van der Waals surface area contributed by atoms with Crippen molar-refractivity contribution < 1.29 is 9.47 Å². The van der Waals surface area contributed by atoms with Crippen LogP contribution in [0.4, 0.5) is 5.69 Å². The summed E-state index contributed by atoms with van der Waals surface area (Å²) in [7, 11) is 1.69. The van der Waals surface area contributed by atoms with E-state index in [1.165, 1.54) is 16.7 Å². The fourth-order valence-electron chi connectivity index (χ4n) is 2.65. The largest absolute Gasteiger partial charge is 0.497 e. The molecule has 0 radical (unpaired) electrons. The van der Waals surface area contributed by atoms with Crippen LogP contribution in [0, 0.1) is 0 Å². The van der Waals surface area contributed by atoms with Gasteiger partial charge in [-0.25, -0.2) is 0 Å². The van der Waals surface area contributed by atoms with Crippen LogP contribution in [0.1, 0.15) is 5.56 Å². The fourth-order valence-corrected chi connectivity index (χ4v) is 2.65. The van der Waals surface area contributed by atoms with Crippen molar-refractivity contribution in [1.82, 2.24) is 0 Å². The van der Waals surface area contributed by atoms with Gasteiger partial charge in [-0.1, -0.05) is 36.4 Å². The lowest BCUT2D eigenvalue weighted by molar-refractivity contribution is 0.322. The number of methoxy groups -OCH3 is 1. The summed E-state index contributed by atoms with van der Waals surface area (Å²) >= 11 is 0. The Balaban J connectivity index is 1.76. The molecule has 0 bridgehead atoms. The van der Waals surface area contributed by atoms with Crippen molar-refractivity contribution in [2.24, 2.45) is 0 Å². The zero-order valence-electron chi connectivity index (χ0n) is 13.7. The second-order valence-corrected chi connectivity index (χ2v) is 5.56. The summed E-state index contributed by atoms with van der Waals surface area (Å²) < 4.78 is 11.2. The SMILES string of the molecule is COc1ccc(-c2ccccc2)c(CCOc2ccc(N)cc2)c1. The second-order valence-electron chi connectivity index (χ2n) is 5.56. The minimum atomic E-state index is 0.594. The highest BCUT2D eigenvalue weighted by Gasteiger charge is 2.07. The molecule has 0 aliphatic carbocycles. The summed E-state index contributed by atoms with van der Waals surface area (Å²) in [5.74, 6) is 1.69. The van der Waals surface area contributed by atoms with Crippen LogP contribution in [0.2, 0.25) is 0 Å². The summed E-state index contributed by atoms with van der Waals surface area (Å²) in [6.45, 7) is 0.594. The Labute approximate surface area is 142 Å². The minimum absolute atomic E-state index is 0.594. The number of rotatable bonds is 6. The van der Waals surface area contributed by atoms with Gasteiger partial charge in [0.15, 0.2) is 0 Å². The highest BCUT2D eigenvalue weighted by Crippen LogP contribution is 2.28. The molecule has 122 valence electrons. The molecule has 0 saturated heterocycles. The first-order chi connectivity index (χ1) is 11.8. The lowest BCUT2D eigenvalue weighted by Crippen LogP contribution is -2.03. The van der Waals surface area contributed by atoms with Gasteiger partial charge >= 0.3 is 0 Å². The number of benzene rings is 3. The number of hydrogen-bond acceptors (Lipinski definition) is 3. The predicted octanol–water partition coefficient (Wildman–Crippen LogP) is 4.57. The maximum Gasteiger partial charge on any atom is 0.119 e. The monoisotopic (exact) mass is 319 g/mol. The van der Waals surface area contributed by atoms with E-state index in [1.54, 1.807) is 7.11 Å². The molecule has 0 fully saturated rings. The van der Waals surface area contributed by atoms with Gasteiger partial charge in [-0.3, -0.25) is 0 Å². The number of hydrogen-bond donors (Lipinski definition) is 1. The first kappa shape index (κ1) is 15.9. The first-order valence-corrected chi connectivity index (χ1v) is 7.97. The first-order valence-electron chi connectivity index (χ1n) is 7.97. The Morgan fingerprint density at radius 3 is 2.25 bits per heavy atom. The molecule has 3 rings (SSSR count). The van der Waals surface area contributed by atoms with Gasteiger partial charge in [0.2, 0.25) is 0 Å². The van der Waals surface area contributed by atoms with E-state index in [0.29, 0.717) is 6.61 Å². The fraction of sp³-hybridized carbons (Fsp3) is 0.143. The van der Waals surface area contributed by atoms with E-state index in [9.17, 15) is 0 Å². The number of nitrogens with two attached hydrogens (primary N) is 1. The minimum Gasteiger partial charge on any atom is -0.497 e. The highest BCUT2D eigenvalue weighted by atomic mass is 16.5. The third-order valence-corrected chi connectivity index (χ3v) is 3.92. The van der Waals surface area contributed by atoms with Gasteiger partial charge in [-0.05, 0) is 53.1 Å². The molecule has 0 aliphatic heterocycles. The van der Waals surface area contributed by atoms with E-state index in [2.05, 4.69) is 24.3 Å². The molecule has 24 heavy (non-hydrogen) atoms. The van der Waals surface area contributed by atoms with E-state index in [0.717, 1.165) is 23.6 Å². The Morgan fingerprint density at radius 1 is 0.833 bits per heavy atom. The summed E-state index contributed by atoms with van der Waals surface area (Å²) in [6.07, 6.45) is 0.797. The molecule has 3 aromatic carbocycles. The summed E-state index contributed by atoms with van der Waals surface area (Å²) in [5.41, 5.74) is 10.0. The van der Waals surface area contributed by atoms with Crippen LogP contribution in [0.25, 0.3) is 11.1 Å². The average Bonchev–Trinajstić information content (AvgIpc) is 2.64. The van der Waals surface area contributed by atoms with Gasteiger partial charge in [0, 0.05) is 12.1 Å². The van der Waals surface area contributed by atoms with Crippen molar-refractivity contribution in [3.8, 4) is 22.6 Å². The van der Waals surface area contributed by atoms with Gasteiger partial charge in [0.1, 0.15) is 11.5 Å². The molecule has 0 aliphatic rings. The molecule has 0 unspecified atom stereocenters. The van der Waals surface area contributed by atoms with Crippen LogP contribution in [-0.4, -0.2) is 13.7 Å². The van der Waals surface area contributed by atoms with E-state index in [4.69, 9.17) is 15.2 Å². The lowest BCUT2D eigenvalue weighted by atomic mass is 9.97. The smallest absolute Gasteiger partial charge is 0.119 e. The third kappa shape index (κ3) is 3.87. The summed E-state index contributed by atoms with van der Waals surface area (Å²) in [5, 5.41) is 0. The summed E-state index contributed by atoms with van der Waals surface area (Å²) in [6, 6.07) is 24.0. The molecule has 0 heterocycles. The van der Waals surface area contributed by atoms with Gasteiger partial charge < -0.3 is 15.2 Å². The van der Waals surface area contributed by atoms with Crippen molar-refractivity contribution in [2.45, 2.75) is 6.42 Å². The molecular weight excluding hydrogens is 298 g/mol. The van der Waals surface area contributed by atoms with Crippen LogP contribution < -0.4 is 15.2 Å². The van der Waals surface area contributed by atoms with Gasteiger partial charge in [0.05, 0.1) is 13.7 Å². The zero-order valence-corrected chi connectivity index (χ0v) is 13.7. The van der Waals surface area contributed by atoms with Crippen LogP contribution in [0.15, 0.2) is 72.8 Å². The van der Waals surface area contributed by atoms with E-state index in [-0.39, 0.29) is 0 Å². The van der Waals surface area contributed by atoms with E-state index < -0.39 is 0 Å². The summed E-state index contributed by atoms with van der Waals surface area (Å²) in [4.78, 5) is 0. The Bertz CT molecular complexity index is 783. The maximum absolute atomic E-state index is 5.83. The van der Waals surface area contributed by atoms with Gasteiger partial charge in [-0.15, -0.1) is 0 Å². The van der Waals surface area contributed by atoms with Crippen molar-refractivity contribution in [1.29, 1.82) is 0 Å². The maximum atomic E-state index is 5.83. The molecule has 3 nitrogen and oxygen atoms in total. The predicted molar refractivity (Wildman–Crippen MR) is 98.5 cm³/mol. The van der Waals surface area contributed by atoms with Gasteiger partial charge in [-0.2, -0.15) is 0 Å². The Morgan fingerprint density at radius 2 is 1.54 bits per heavy atom. The van der Waals surface area contributed by atoms with E-state index >= 15 is 0 Å². The number of anilines is 1. The normalized spacial score (nSPS) is 10.4. The van der Waals surface area contributed by atoms with Crippen LogP contribution in [0.3, 0.4) is 0 Å². The quantitative estimate of drug-likeness (QED) is 0.677. The molecule has 3 heteroatoms. The zero-order chi connectivity index (χ0) is 16.8. The van der Waals surface area contributed by atoms with Gasteiger partial charge in [0.25, 0.3) is 0 Å². The molecule has 0 amide bonds. The average molecular weight is 319 g/mol. The second kappa shape index (κ2) is 7.55. The van der Waals surface area contributed by atoms with Crippen molar-refractivity contribution in [3.05, 3.63) is 78.4 Å². The molecular formula is C21H21NO2. The molecule has 0 aromatic heterocycles. The molecule has 0 saturated carbocycles. The lowest BCUT2D eigenvalue weighted by Gasteiger charge is -2.13.